The molecule has 2 aromatic rings. The quantitative estimate of drug-likeness (QED) is 0.755. The summed E-state index contributed by atoms with van der Waals surface area (Å²) in [4.78, 5) is 11.1. The molecule has 1 heterocycles. The SMILES string of the molecule is COc1ccc2cc(C=O)n(CC3CC3)c2c1. The molecule has 0 aliphatic heterocycles. The molecule has 88 valence electrons. The minimum absolute atomic E-state index is 0.746. The molecule has 3 rings (SSSR count). The van der Waals surface area contributed by atoms with Gasteiger partial charge in [0.05, 0.1) is 18.3 Å². The second-order valence-corrected chi connectivity index (χ2v) is 4.67. The molecule has 1 saturated carbocycles. The lowest BCUT2D eigenvalue weighted by Gasteiger charge is -2.07. The van der Waals surface area contributed by atoms with E-state index in [1.54, 1.807) is 7.11 Å². The first-order valence-corrected chi connectivity index (χ1v) is 5.94. The van der Waals surface area contributed by atoms with Crippen molar-refractivity contribution in [2.45, 2.75) is 19.4 Å². The number of carbonyl (C=O) groups excluding carboxylic acids is 1. The number of ether oxygens (including phenoxy) is 1. The summed E-state index contributed by atoms with van der Waals surface area (Å²) >= 11 is 0. The van der Waals surface area contributed by atoms with Gasteiger partial charge in [0, 0.05) is 18.0 Å². The molecule has 0 amide bonds. The van der Waals surface area contributed by atoms with Crippen molar-refractivity contribution in [3.05, 3.63) is 30.0 Å². The summed E-state index contributed by atoms with van der Waals surface area (Å²) in [6.45, 7) is 0.949. The monoisotopic (exact) mass is 229 g/mol. The van der Waals surface area contributed by atoms with Gasteiger partial charge in [-0.25, -0.2) is 0 Å². The summed E-state index contributed by atoms with van der Waals surface area (Å²) < 4.78 is 7.35. The number of carbonyl (C=O) groups is 1. The molecule has 0 N–H and O–H groups in total. The van der Waals surface area contributed by atoms with Crippen LogP contribution in [0.5, 0.6) is 5.75 Å². The molecular formula is C14H15NO2. The summed E-state index contributed by atoms with van der Waals surface area (Å²) in [5.74, 6) is 1.58. The van der Waals surface area contributed by atoms with E-state index in [9.17, 15) is 4.79 Å². The largest absolute Gasteiger partial charge is 0.497 e. The first kappa shape index (κ1) is 10.4. The number of aromatic nitrogens is 1. The number of benzene rings is 1. The Bertz CT molecular complexity index is 567. The van der Waals surface area contributed by atoms with Crippen molar-refractivity contribution < 1.29 is 9.53 Å². The summed E-state index contributed by atoms with van der Waals surface area (Å²) in [7, 11) is 1.66. The van der Waals surface area contributed by atoms with Crippen LogP contribution in [0.15, 0.2) is 24.3 Å². The summed E-state index contributed by atoms with van der Waals surface area (Å²) in [5.41, 5.74) is 1.86. The van der Waals surface area contributed by atoms with Gasteiger partial charge in [-0.1, -0.05) is 0 Å². The number of rotatable bonds is 4. The predicted octanol–water partition coefficient (Wildman–Crippen LogP) is 2.87. The molecule has 1 aliphatic carbocycles. The molecule has 1 aromatic heterocycles. The van der Waals surface area contributed by atoms with Gasteiger partial charge in [0.15, 0.2) is 6.29 Å². The highest BCUT2D eigenvalue weighted by atomic mass is 16.5. The normalized spacial score (nSPS) is 15.1. The van der Waals surface area contributed by atoms with Crippen molar-refractivity contribution in [3.63, 3.8) is 0 Å². The molecule has 0 spiro atoms. The number of hydrogen-bond donors (Lipinski definition) is 0. The van der Waals surface area contributed by atoms with Crippen molar-refractivity contribution in [1.29, 1.82) is 0 Å². The molecule has 0 bridgehead atoms. The maximum absolute atomic E-state index is 11.1. The topological polar surface area (TPSA) is 31.2 Å². The second-order valence-electron chi connectivity index (χ2n) is 4.67. The maximum Gasteiger partial charge on any atom is 0.166 e. The van der Waals surface area contributed by atoms with Crippen LogP contribution in [0.1, 0.15) is 23.3 Å². The van der Waals surface area contributed by atoms with Gasteiger partial charge in [-0.15, -0.1) is 0 Å². The average Bonchev–Trinajstić information content (AvgIpc) is 3.11. The lowest BCUT2D eigenvalue weighted by atomic mass is 10.2. The van der Waals surface area contributed by atoms with E-state index in [1.807, 2.05) is 24.3 Å². The molecule has 0 radical (unpaired) electrons. The summed E-state index contributed by atoms with van der Waals surface area (Å²) in [5, 5.41) is 1.11. The van der Waals surface area contributed by atoms with Crippen LogP contribution in [0, 0.1) is 5.92 Å². The second kappa shape index (κ2) is 3.91. The molecule has 17 heavy (non-hydrogen) atoms. The van der Waals surface area contributed by atoms with Crippen LogP contribution in [0.2, 0.25) is 0 Å². The van der Waals surface area contributed by atoms with Gasteiger partial charge in [0.25, 0.3) is 0 Å². The molecule has 1 aromatic carbocycles. The fraction of sp³-hybridized carbons (Fsp3) is 0.357. The molecule has 0 unspecified atom stereocenters. The van der Waals surface area contributed by atoms with E-state index >= 15 is 0 Å². The zero-order valence-electron chi connectivity index (χ0n) is 9.85. The fourth-order valence-corrected chi connectivity index (χ4v) is 2.24. The zero-order chi connectivity index (χ0) is 11.8. The van der Waals surface area contributed by atoms with E-state index in [0.29, 0.717) is 0 Å². The van der Waals surface area contributed by atoms with Crippen LogP contribution >= 0.6 is 0 Å². The van der Waals surface area contributed by atoms with E-state index in [1.165, 1.54) is 12.8 Å². The Kier molecular flexibility index (Phi) is 2.39. The first-order valence-electron chi connectivity index (χ1n) is 5.94. The Morgan fingerprint density at radius 1 is 1.41 bits per heavy atom. The van der Waals surface area contributed by atoms with Crippen molar-refractivity contribution in [2.75, 3.05) is 7.11 Å². The molecule has 0 saturated heterocycles. The van der Waals surface area contributed by atoms with Crippen LogP contribution in [0.25, 0.3) is 10.9 Å². The average molecular weight is 229 g/mol. The first-order chi connectivity index (χ1) is 8.31. The van der Waals surface area contributed by atoms with E-state index < -0.39 is 0 Å². The van der Waals surface area contributed by atoms with Gasteiger partial charge in [-0.05, 0) is 37.0 Å². The third-order valence-electron chi connectivity index (χ3n) is 3.40. The van der Waals surface area contributed by atoms with E-state index in [4.69, 9.17) is 4.74 Å². The summed E-state index contributed by atoms with van der Waals surface area (Å²) in [6.07, 6.45) is 3.50. The summed E-state index contributed by atoms with van der Waals surface area (Å²) in [6, 6.07) is 7.89. The molecule has 1 aliphatic rings. The molecule has 1 fully saturated rings. The van der Waals surface area contributed by atoms with Gasteiger partial charge >= 0.3 is 0 Å². The van der Waals surface area contributed by atoms with Gasteiger partial charge in [0.1, 0.15) is 5.75 Å². The van der Waals surface area contributed by atoms with Crippen LogP contribution in [0.3, 0.4) is 0 Å². The van der Waals surface area contributed by atoms with Crippen LogP contribution < -0.4 is 4.74 Å². The molecule has 3 nitrogen and oxygen atoms in total. The lowest BCUT2D eigenvalue weighted by Crippen LogP contribution is -2.03. The van der Waals surface area contributed by atoms with Crippen molar-refractivity contribution >= 4 is 17.2 Å². The van der Waals surface area contributed by atoms with Crippen molar-refractivity contribution in [1.82, 2.24) is 4.57 Å². The minimum Gasteiger partial charge on any atom is -0.497 e. The third-order valence-corrected chi connectivity index (χ3v) is 3.40. The Morgan fingerprint density at radius 3 is 2.88 bits per heavy atom. The number of nitrogens with zero attached hydrogens (tertiary/aromatic N) is 1. The van der Waals surface area contributed by atoms with E-state index in [2.05, 4.69) is 4.57 Å². The number of aldehydes is 1. The van der Waals surface area contributed by atoms with E-state index in [0.717, 1.165) is 41.1 Å². The minimum atomic E-state index is 0.746. The fourth-order valence-electron chi connectivity index (χ4n) is 2.24. The molecular weight excluding hydrogens is 214 g/mol. The highest BCUT2D eigenvalue weighted by molar-refractivity contribution is 5.89. The predicted molar refractivity (Wildman–Crippen MR) is 66.6 cm³/mol. The molecule has 0 atom stereocenters. The highest BCUT2D eigenvalue weighted by Crippen LogP contribution is 2.33. The van der Waals surface area contributed by atoms with Gasteiger partial charge < -0.3 is 9.30 Å². The standard InChI is InChI=1S/C14H15NO2/c1-17-13-5-4-11-6-12(9-16)15(14(11)7-13)8-10-2-3-10/h4-7,9-10H,2-3,8H2,1H3. The van der Waals surface area contributed by atoms with Gasteiger partial charge in [0.2, 0.25) is 0 Å². The number of fused-ring (bicyclic) bond motifs is 1. The van der Waals surface area contributed by atoms with E-state index in [-0.39, 0.29) is 0 Å². The maximum atomic E-state index is 11.1. The Labute approximate surface area is 100.0 Å². The lowest BCUT2D eigenvalue weighted by molar-refractivity contribution is 0.111. The smallest absolute Gasteiger partial charge is 0.166 e. The van der Waals surface area contributed by atoms with Gasteiger partial charge in [-0.3, -0.25) is 4.79 Å². The van der Waals surface area contributed by atoms with Crippen molar-refractivity contribution in [2.24, 2.45) is 5.92 Å². The van der Waals surface area contributed by atoms with Crippen LogP contribution in [-0.4, -0.2) is 18.0 Å². The highest BCUT2D eigenvalue weighted by Gasteiger charge is 2.23. The number of hydrogen-bond acceptors (Lipinski definition) is 2. The number of methoxy groups -OCH3 is 1. The Balaban J connectivity index is 2.15. The third kappa shape index (κ3) is 1.82. The zero-order valence-corrected chi connectivity index (χ0v) is 9.85. The Morgan fingerprint density at radius 2 is 2.24 bits per heavy atom. The van der Waals surface area contributed by atoms with Crippen LogP contribution in [0.4, 0.5) is 0 Å². The van der Waals surface area contributed by atoms with Crippen molar-refractivity contribution in [3.8, 4) is 5.75 Å². The molecule has 3 heteroatoms. The Hall–Kier alpha value is -1.77. The van der Waals surface area contributed by atoms with Crippen LogP contribution in [-0.2, 0) is 6.54 Å². The van der Waals surface area contributed by atoms with Gasteiger partial charge in [-0.2, -0.15) is 0 Å².